The Morgan fingerprint density at radius 3 is 2.88 bits per heavy atom. The molecule has 0 aromatic carbocycles. The summed E-state index contributed by atoms with van der Waals surface area (Å²) < 4.78 is 2.16. The highest BCUT2D eigenvalue weighted by molar-refractivity contribution is 5.93. The molecule has 1 amide bonds. The number of nitrogens with zero attached hydrogens (tertiary/aromatic N) is 3. The number of hydrogen-bond donors (Lipinski definition) is 1. The van der Waals surface area contributed by atoms with E-state index in [4.69, 9.17) is 0 Å². The third-order valence-electron chi connectivity index (χ3n) is 3.05. The number of aromatic nitrogens is 2. The molecule has 0 bridgehead atoms. The zero-order chi connectivity index (χ0) is 11.7. The van der Waals surface area contributed by atoms with Crippen LogP contribution >= 0.6 is 0 Å². The van der Waals surface area contributed by atoms with Gasteiger partial charge in [-0.25, -0.2) is 4.98 Å². The Balaban J connectivity index is 2.45. The van der Waals surface area contributed by atoms with Crippen molar-refractivity contribution in [2.45, 2.75) is 26.4 Å². The molecule has 1 N–H and O–H groups in total. The van der Waals surface area contributed by atoms with Crippen LogP contribution in [0.25, 0.3) is 0 Å². The molecule has 2 rings (SSSR count). The highest BCUT2D eigenvalue weighted by Gasteiger charge is 2.22. The number of nitrogens with one attached hydrogen (secondary N) is 1. The molecule has 1 aromatic heterocycles. The molecule has 5 heteroatoms. The monoisotopic (exact) mass is 222 g/mol. The van der Waals surface area contributed by atoms with Gasteiger partial charge in [-0.1, -0.05) is 0 Å². The van der Waals surface area contributed by atoms with Gasteiger partial charge >= 0.3 is 0 Å². The largest absolute Gasteiger partial charge is 0.354 e. The van der Waals surface area contributed by atoms with E-state index in [2.05, 4.69) is 26.8 Å². The van der Waals surface area contributed by atoms with Crippen molar-refractivity contribution in [2.24, 2.45) is 0 Å². The van der Waals surface area contributed by atoms with Crippen LogP contribution in [0, 0.1) is 6.92 Å². The molecule has 0 radical (unpaired) electrons. The quantitative estimate of drug-likeness (QED) is 0.747. The number of rotatable bonds is 1. The second-order valence-corrected chi connectivity index (χ2v) is 4.28. The molecule has 0 aliphatic carbocycles. The second kappa shape index (κ2) is 4.25. The maximum atomic E-state index is 11.7. The van der Waals surface area contributed by atoms with Gasteiger partial charge in [0.25, 0.3) is 5.91 Å². The summed E-state index contributed by atoms with van der Waals surface area (Å²) in [5, 5.41) is 2.65. The number of amides is 1. The lowest BCUT2D eigenvalue weighted by molar-refractivity contribution is 0.0956. The lowest BCUT2D eigenvalue weighted by Gasteiger charge is -2.12. The van der Waals surface area contributed by atoms with Gasteiger partial charge in [-0.15, -0.1) is 0 Å². The van der Waals surface area contributed by atoms with Gasteiger partial charge in [0.05, 0.1) is 5.69 Å². The lowest BCUT2D eigenvalue weighted by atomic mass is 10.3. The molecule has 16 heavy (non-hydrogen) atoms. The van der Waals surface area contributed by atoms with Gasteiger partial charge < -0.3 is 14.8 Å². The fourth-order valence-electron chi connectivity index (χ4n) is 2.20. The first-order chi connectivity index (χ1) is 7.63. The zero-order valence-electron chi connectivity index (χ0n) is 10.1. The van der Waals surface area contributed by atoms with Crippen molar-refractivity contribution < 1.29 is 4.79 Å². The minimum atomic E-state index is -0.0906. The van der Waals surface area contributed by atoms with Crippen molar-refractivity contribution in [1.29, 1.82) is 0 Å². The van der Waals surface area contributed by atoms with Gasteiger partial charge in [0.15, 0.2) is 5.69 Å². The summed E-state index contributed by atoms with van der Waals surface area (Å²) in [4.78, 5) is 18.3. The molecule has 88 valence electrons. The van der Waals surface area contributed by atoms with Crippen LogP contribution in [0.1, 0.15) is 28.4 Å². The van der Waals surface area contributed by atoms with Crippen LogP contribution in [0.3, 0.4) is 0 Å². The van der Waals surface area contributed by atoms with Crippen LogP contribution in [0.4, 0.5) is 0 Å². The molecule has 0 fully saturated rings. The van der Waals surface area contributed by atoms with E-state index in [1.54, 1.807) is 7.05 Å². The molecular formula is C11H18N4O. The summed E-state index contributed by atoms with van der Waals surface area (Å²) in [6.07, 6.45) is 1.11. The predicted octanol–water partition coefficient (Wildman–Crippen LogP) is 0.387. The number of aryl methyl sites for hydroxylation is 1. The molecule has 1 aromatic rings. The summed E-state index contributed by atoms with van der Waals surface area (Å²) >= 11 is 0. The van der Waals surface area contributed by atoms with Crippen molar-refractivity contribution >= 4 is 5.91 Å². The molecule has 0 spiro atoms. The van der Waals surface area contributed by atoms with Gasteiger partial charge in [0.2, 0.25) is 0 Å². The first kappa shape index (κ1) is 11.1. The molecule has 0 saturated heterocycles. The van der Waals surface area contributed by atoms with Crippen LogP contribution in [0.2, 0.25) is 0 Å². The molecule has 0 unspecified atom stereocenters. The van der Waals surface area contributed by atoms with E-state index in [-0.39, 0.29) is 5.91 Å². The van der Waals surface area contributed by atoms with Crippen LogP contribution in [-0.2, 0) is 13.1 Å². The van der Waals surface area contributed by atoms with E-state index in [1.807, 2.05) is 6.92 Å². The average Bonchev–Trinajstić information content (AvgIpc) is 2.47. The van der Waals surface area contributed by atoms with Crippen molar-refractivity contribution in [2.75, 3.05) is 20.6 Å². The standard InChI is InChI=1S/C11H18N4O/c1-8-13-10(11(16)12-2)9-7-14(3)5-4-6-15(8)9/h4-7H2,1-3H3,(H,12,16). The van der Waals surface area contributed by atoms with Gasteiger partial charge in [-0.05, 0) is 26.9 Å². The highest BCUT2D eigenvalue weighted by atomic mass is 16.1. The molecule has 0 atom stereocenters. The summed E-state index contributed by atoms with van der Waals surface area (Å²) in [5.41, 5.74) is 1.62. The Kier molecular flexibility index (Phi) is 2.96. The molecular weight excluding hydrogens is 204 g/mol. The van der Waals surface area contributed by atoms with E-state index in [0.29, 0.717) is 5.69 Å². The van der Waals surface area contributed by atoms with Crippen LogP contribution in [0.5, 0.6) is 0 Å². The predicted molar refractivity (Wildman–Crippen MR) is 61.3 cm³/mol. The number of carbonyl (C=O) groups is 1. The summed E-state index contributed by atoms with van der Waals surface area (Å²) in [5.74, 6) is 0.844. The number of fused-ring (bicyclic) bond motifs is 1. The Bertz CT molecular complexity index is 410. The average molecular weight is 222 g/mol. The normalized spacial score (nSPS) is 16.7. The van der Waals surface area contributed by atoms with Crippen molar-refractivity contribution in [1.82, 2.24) is 19.8 Å². The smallest absolute Gasteiger partial charge is 0.271 e. The van der Waals surface area contributed by atoms with Crippen LogP contribution < -0.4 is 5.32 Å². The molecule has 2 heterocycles. The minimum absolute atomic E-state index is 0.0906. The minimum Gasteiger partial charge on any atom is -0.354 e. The zero-order valence-corrected chi connectivity index (χ0v) is 10.1. The Morgan fingerprint density at radius 1 is 1.44 bits per heavy atom. The van der Waals surface area contributed by atoms with E-state index < -0.39 is 0 Å². The first-order valence-electron chi connectivity index (χ1n) is 5.60. The van der Waals surface area contributed by atoms with Crippen molar-refractivity contribution in [3.8, 4) is 0 Å². The van der Waals surface area contributed by atoms with Crippen molar-refractivity contribution in [3.05, 3.63) is 17.2 Å². The maximum Gasteiger partial charge on any atom is 0.271 e. The fraction of sp³-hybridized carbons (Fsp3) is 0.636. The number of hydrogen-bond acceptors (Lipinski definition) is 3. The van der Waals surface area contributed by atoms with Crippen LogP contribution in [0.15, 0.2) is 0 Å². The van der Waals surface area contributed by atoms with E-state index in [0.717, 1.165) is 37.6 Å². The number of carbonyl (C=O) groups excluding carboxylic acids is 1. The SMILES string of the molecule is CNC(=O)c1nc(C)n2c1CN(C)CCC2. The molecule has 0 saturated carbocycles. The topological polar surface area (TPSA) is 50.2 Å². The summed E-state index contributed by atoms with van der Waals surface area (Å²) in [6.45, 7) is 4.77. The summed E-state index contributed by atoms with van der Waals surface area (Å²) in [6, 6.07) is 0. The van der Waals surface area contributed by atoms with E-state index in [1.165, 1.54) is 0 Å². The lowest BCUT2D eigenvalue weighted by Crippen LogP contribution is -2.23. The molecule has 1 aliphatic rings. The van der Waals surface area contributed by atoms with Gasteiger partial charge in [0, 0.05) is 20.1 Å². The molecule has 1 aliphatic heterocycles. The first-order valence-corrected chi connectivity index (χ1v) is 5.60. The van der Waals surface area contributed by atoms with Crippen LogP contribution in [-0.4, -0.2) is 41.0 Å². The van der Waals surface area contributed by atoms with E-state index in [9.17, 15) is 4.79 Å². The Hall–Kier alpha value is -1.36. The second-order valence-electron chi connectivity index (χ2n) is 4.28. The Morgan fingerprint density at radius 2 is 2.19 bits per heavy atom. The summed E-state index contributed by atoms with van der Waals surface area (Å²) in [7, 11) is 3.72. The third-order valence-corrected chi connectivity index (χ3v) is 3.05. The third kappa shape index (κ3) is 1.82. The van der Waals surface area contributed by atoms with Gasteiger partial charge in [-0.3, -0.25) is 4.79 Å². The van der Waals surface area contributed by atoms with Crippen molar-refractivity contribution in [3.63, 3.8) is 0 Å². The highest BCUT2D eigenvalue weighted by Crippen LogP contribution is 2.17. The number of imidazole rings is 1. The fourth-order valence-corrected chi connectivity index (χ4v) is 2.20. The Labute approximate surface area is 95.5 Å². The maximum absolute atomic E-state index is 11.7. The van der Waals surface area contributed by atoms with Gasteiger partial charge in [0.1, 0.15) is 5.82 Å². The van der Waals surface area contributed by atoms with Gasteiger partial charge in [-0.2, -0.15) is 0 Å². The van der Waals surface area contributed by atoms with E-state index >= 15 is 0 Å². The molecule has 5 nitrogen and oxygen atoms in total.